The molecule has 3 fully saturated rings. The van der Waals surface area contributed by atoms with Gasteiger partial charge in [0, 0.05) is 13.1 Å². The van der Waals surface area contributed by atoms with E-state index in [1.165, 1.54) is 4.90 Å². The van der Waals surface area contributed by atoms with E-state index < -0.39 is 46.2 Å². The molecule has 4 atom stereocenters. The molecule has 0 aromatic carbocycles. The van der Waals surface area contributed by atoms with E-state index in [0.717, 1.165) is 0 Å². The number of nitrogens with zero attached hydrogens (tertiary/aromatic N) is 5. The third-order valence-electron chi connectivity index (χ3n) is 5.66. The molecule has 3 aliphatic rings. The van der Waals surface area contributed by atoms with Crippen LogP contribution in [0.2, 0.25) is 0 Å². The molecule has 4 heterocycles. The van der Waals surface area contributed by atoms with E-state index in [1.807, 2.05) is 6.92 Å². The van der Waals surface area contributed by atoms with Crippen LogP contribution in [0.3, 0.4) is 0 Å². The summed E-state index contributed by atoms with van der Waals surface area (Å²) < 4.78 is 46.9. The van der Waals surface area contributed by atoms with Gasteiger partial charge in [-0.2, -0.15) is 13.5 Å². The summed E-state index contributed by atoms with van der Waals surface area (Å²) in [6.45, 7) is 8.09. The summed E-state index contributed by atoms with van der Waals surface area (Å²) >= 11 is 0. The molecule has 1 aromatic heterocycles. The van der Waals surface area contributed by atoms with Crippen molar-refractivity contribution in [1.82, 2.24) is 25.1 Å². The van der Waals surface area contributed by atoms with Crippen molar-refractivity contribution in [3.63, 3.8) is 0 Å². The molecular formula is C18H27N5O8S. The van der Waals surface area contributed by atoms with Gasteiger partial charge in [0.1, 0.15) is 17.7 Å². The van der Waals surface area contributed by atoms with Crippen LogP contribution in [0.4, 0.5) is 9.59 Å². The van der Waals surface area contributed by atoms with Crippen molar-refractivity contribution in [2.45, 2.75) is 70.7 Å². The van der Waals surface area contributed by atoms with Gasteiger partial charge in [0.05, 0.1) is 6.04 Å². The van der Waals surface area contributed by atoms with Gasteiger partial charge in [-0.3, -0.25) is 9.45 Å². The van der Waals surface area contributed by atoms with Gasteiger partial charge in [0.2, 0.25) is 11.8 Å². The first kappa shape index (κ1) is 22.7. The average Bonchev–Trinajstić information content (AvgIpc) is 3.34. The first-order valence-electron chi connectivity index (χ1n) is 10.4. The zero-order valence-corrected chi connectivity index (χ0v) is 19.1. The van der Waals surface area contributed by atoms with Crippen molar-refractivity contribution >= 4 is 22.5 Å². The highest BCUT2D eigenvalue weighted by molar-refractivity contribution is 7.80. The summed E-state index contributed by atoms with van der Waals surface area (Å²) in [5.74, 6) is 0.670. The van der Waals surface area contributed by atoms with Gasteiger partial charge < -0.3 is 14.1 Å². The number of hydrogen-bond acceptors (Lipinski definition) is 9. The molecule has 4 rings (SSSR count). The van der Waals surface area contributed by atoms with Crippen molar-refractivity contribution in [1.29, 1.82) is 0 Å². The minimum Gasteiger partial charge on any atom is -0.444 e. The van der Waals surface area contributed by atoms with Crippen LogP contribution in [0.5, 0.6) is 0 Å². The molecule has 14 heteroatoms. The van der Waals surface area contributed by atoms with Gasteiger partial charge in [-0.25, -0.2) is 9.59 Å². The van der Waals surface area contributed by atoms with Crippen molar-refractivity contribution in [2.24, 2.45) is 5.92 Å². The molecule has 3 saturated heterocycles. The molecule has 3 aliphatic heterocycles. The van der Waals surface area contributed by atoms with E-state index in [9.17, 15) is 18.0 Å². The number of likely N-dealkylation sites (tertiary alicyclic amines) is 1. The largest absolute Gasteiger partial charge is 0.444 e. The Hall–Kier alpha value is -2.45. The zero-order valence-electron chi connectivity index (χ0n) is 18.3. The number of piperidine rings is 1. The predicted molar refractivity (Wildman–Crippen MR) is 106 cm³/mol. The number of ether oxygens (including phenoxy) is 1. The number of carbonyl (C=O) groups excluding carboxylic acids is 2. The molecule has 0 saturated carbocycles. The van der Waals surface area contributed by atoms with Crippen LogP contribution in [0.25, 0.3) is 0 Å². The molecule has 3 amide bonds. The molecular weight excluding hydrogens is 446 g/mol. The van der Waals surface area contributed by atoms with Crippen molar-refractivity contribution in [3.8, 4) is 0 Å². The van der Waals surface area contributed by atoms with Crippen molar-refractivity contribution in [2.75, 3.05) is 13.1 Å². The maximum Gasteiger partial charge on any atom is 0.418 e. The quantitative estimate of drug-likeness (QED) is 0.642. The Labute approximate surface area is 185 Å². The maximum atomic E-state index is 12.7. The number of urea groups is 1. The Morgan fingerprint density at radius 1 is 1.16 bits per heavy atom. The van der Waals surface area contributed by atoms with Crippen LogP contribution >= 0.6 is 0 Å². The van der Waals surface area contributed by atoms with Crippen LogP contribution < -0.4 is 0 Å². The van der Waals surface area contributed by atoms with Gasteiger partial charge >= 0.3 is 22.5 Å². The summed E-state index contributed by atoms with van der Waals surface area (Å²) in [6.07, 6.45) is 1.04. The average molecular weight is 474 g/mol. The highest BCUT2D eigenvalue weighted by Gasteiger charge is 2.49. The second-order valence-electron chi connectivity index (χ2n) is 9.48. The molecule has 1 N–H and O–H groups in total. The molecule has 178 valence electrons. The molecule has 0 spiro atoms. The van der Waals surface area contributed by atoms with Crippen LogP contribution in [0.1, 0.15) is 70.8 Å². The van der Waals surface area contributed by atoms with Gasteiger partial charge in [-0.1, -0.05) is 6.92 Å². The van der Waals surface area contributed by atoms with Crippen LogP contribution in [0.15, 0.2) is 4.42 Å². The Bertz CT molecular complexity index is 1010. The predicted octanol–water partition coefficient (Wildman–Crippen LogP) is 2.06. The SMILES string of the molecule is C[C@@H]1CC(c2nnc([C@@H]3CC[C@@H]4CN3C(=O)N4OS(=O)(=O)O)o2)N(C(=O)OC(C)(C)C)C1. The highest BCUT2D eigenvalue weighted by Crippen LogP contribution is 2.40. The fraction of sp³-hybridized carbons (Fsp3) is 0.778. The lowest BCUT2D eigenvalue weighted by Gasteiger charge is -2.28. The standard InChI is InChI=1S/C18H27N5O8S/c1-10-7-13(22(8-10)17(25)30-18(2,3)4)15-20-19-14(29-15)12-6-5-11-9-21(12)16(24)23(11)31-32(26,27)28/h10-13H,5-9H2,1-4H3,(H,26,27,28)/t10-,11-,12+,13?/m1/s1. The second-order valence-corrected chi connectivity index (χ2v) is 10.5. The Morgan fingerprint density at radius 3 is 2.44 bits per heavy atom. The number of amides is 3. The number of carbonyl (C=O) groups is 2. The summed E-state index contributed by atoms with van der Waals surface area (Å²) in [6, 6.07) is -2.23. The smallest absolute Gasteiger partial charge is 0.418 e. The molecule has 13 nitrogen and oxygen atoms in total. The van der Waals surface area contributed by atoms with Crippen LogP contribution in [-0.2, 0) is 19.4 Å². The topological polar surface area (TPSA) is 156 Å². The number of aromatic nitrogens is 2. The first-order chi connectivity index (χ1) is 14.8. The second kappa shape index (κ2) is 7.85. The lowest BCUT2D eigenvalue weighted by molar-refractivity contribution is -0.0317. The monoisotopic (exact) mass is 473 g/mol. The number of hydrogen-bond donors (Lipinski definition) is 1. The molecule has 0 aliphatic carbocycles. The van der Waals surface area contributed by atoms with Crippen LogP contribution in [-0.4, -0.2) is 74.9 Å². The Morgan fingerprint density at radius 2 is 1.81 bits per heavy atom. The molecule has 32 heavy (non-hydrogen) atoms. The van der Waals surface area contributed by atoms with E-state index in [-0.39, 0.29) is 24.2 Å². The Kier molecular flexibility index (Phi) is 5.57. The van der Waals surface area contributed by atoms with E-state index in [1.54, 1.807) is 25.7 Å². The van der Waals surface area contributed by atoms with Gasteiger partial charge in [0.15, 0.2) is 0 Å². The fourth-order valence-corrected chi connectivity index (χ4v) is 4.79. The van der Waals surface area contributed by atoms with Crippen molar-refractivity contribution < 1.29 is 36.0 Å². The summed E-state index contributed by atoms with van der Waals surface area (Å²) in [5.41, 5.74) is -0.641. The summed E-state index contributed by atoms with van der Waals surface area (Å²) in [4.78, 5) is 28.2. The van der Waals surface area contributed by atoms with Gasteiger partial charge in [-0.05, 0) is 46.0 Å². The number of rotatable bonds is 4. The third-order valence-corrected chi connectivity index (χ3v) is 6.01. The maximum absolute atomic E-state index is 12.7. The third kappa shape index (κ3) is 4.52. The Balaban J connectivity index is 1.51. The van der Waals surface area contributed by atoms with Gasteiger partial charge in [0.25, 0.3) is 0 Å². The summed E-state index contributed by atoms with van der Waals surface area (Å²) in [7, 11) is -4.82. The lowest BCUT2D eigenvalue weighted by Crippen LogP contribution is -2.36. The van der Waals surface area contributed by atoms with Crippen LogP contribution in [0, 0.1) is 5.92 Å². The molecule has 1 aromatic rings. The molecule has 1 unspecified atom stereocenters. The van der Waals surface area contributed by atoms with Gasteiger partial charge in [-0.15, -0.1) is 14.5 Å². The lowest BCUT2D eigenvalue weighted by atomic mass is 10.0. The van der Waals surface area contributed by atoms with E-state index >= 15 is 0 Å². The van der Waals surface area contributed by atoms with E-state index in [4.69, 9.17) is 13.7 Å². The van der Waals surface area contributed by atoms with Crippen molar-refractivity contribution in [3.05, 3.63) is 11.8 Å². The minimum absolute atomic E-state index is 0.196. The first-order valence-corrected chi connectivity index (χ1v) is 11.8. The zero-order chi connectivity index (χ0) is 23.4. The number of fused-ring (bicyclic) bond motifs is 2. The van der Waals surface area contributed by atoms with E-state index in [2.05, 4.69) is 14.5 Å². The van der Waals surface area contributed by atoms with E-state index in [0.29, 0.717) is 30.9 Å². The summed E-state index contributed by atoms with van der Waals surface area (Å²) in [5, 5.41) is 8.91. The normalized spacial score (nSPS) is 28.5. The highest BCUT2D eigenvalue weighted by atomic mass is 32.3. The molecule has 2 bridgehead atoms. The fourth-order valence-electron chi connectivity index (χ4n) is 4.41. The number of hydroxylamine groups is 2. The minimum atomic E-state index is -4.82. The molecule has 0 radical (unpaired) electrons.